The van der Waals surface area contributed by atoms with E-state index >= 15 is 0 Å². The normalized spacial score (nSPS) is 30.2. The molecule has 0 aromatic rings. The zero-order valence-corrected chi connectivity index (χ0v) is 23.9. The van der Waals surface area contributed by atoms with Crippen molar-refractivity contribution < 1.29 is 34.8 Å². The molecule has 0 aromatic heterocycles. The van der Waals surface area contributed by atoms with E-state index in [0.29, 0.717) is 6.42 Å². The standard InChI is InChI=1S/C30H46O7/c1-16(2)11-12-19(18(5)6)14-20-25(33)29(36)15-21(24(32)28(9,10)35)27(7,8)23(26(29)34)30(20,37)22(31)13-17(3)4/h11,17,19,21,23,33,35-37H,5,12-15H2,1-4,6-10H3/t19-,21-,23-,29-,30+/m1/s1. The van der Waals surface area contributed by atoms with E-state index in [1.54, 1.807) is 13.8 Å². The topological polar surface area (TPSA) is 132 Å². The van der Waals surface area contributed by atoms with Crippen LogP contribution in [-0.4, -0.2) is 54.6 Å². The highest BCUT2D eigenvalue weighted by Gasteiger charge is 2.71. The quantitative estimate of drug-likeness (QED) is 0.315. The molecule has 7 nitrogen and oxygen atoms in total. The highest BCUT2D eigenvalue weighted by molar-refractivity contribution is 6.06. The lowest BCUT2D eigenvalue weighted by molar-refractivity contribution is -0.192. The molecule has 4 N–H and O–H groups in total. The van der Waals surface area contributed by atoms with Gasteiger partial charge in [0.25, 0.3) is 0 Å². The Kier molecular flexibility index (Phi) is 8.61. The highest BCUT2D eigenvalue weighted by atomic mass is 16.4. The van der Waals surface area contributed by atoms with E-state index in [4.69, 9.17) is 0 Å². The number of hydrogen-bond acceptors (Lipinski definition) is 7. The third kappa shape index (κ3) is 5.41. The molecule has 1 fully saturated rings. The Morgan fingerprint density at radius 1 is 1.16 bits per heavy atom. The van der Waals surface area contributed by atoms with Gasteiger partial charge in [0, 0.05) is 24.3 Å². The summed E-state index contributed by atoms with van der Waals surface area (Å²) in [6.07, 6.45) is 2.02. The maximum atomic E-state index is 13.8. The molecule has 2 aliphatic carbocycles. The minimum Gasteiger partial charge on any atom is -0.509 e. The van der Waals surface area contributed by atoms with Crippen molar-refractivity contribution in [2.24, 2.45) is 29.1 Å². The molecule has 0 radical (unpaired) electrons. The van der Waals surface area contributed by atoms with Crippen molar-refractivity contribution in [3.63, 3.8) is 0 Å². The van der Waals surface area contributed by atoms with Crippen LogP contribution in [0.25, 0.3) is 0 Å². The van der Waals surface area contributed by atoms with Crippen LogP contribution in [0.15, 0.2) is 35.1 Å². The van der Waals surface area contributed by atoms with Crippen molar-refractivity contribution in [2.75, 3.05) is 0 Å². The number of carbonyl (C=O) groups excluding carboxylic acids is 3. The predicted molar refractivity (Wildman–Crippen MR) is 143 cm³/mol. The van der Waals surface area contributed by atoms with Crippen LogP contribution in [-0.2, 0) is 14.4 Å². The van der Waals surface area contributed by atoms with Crippen LogP contribution in [0.1, 0.15) is 88.0 Å². The summed E-state index contributed by atoms with van der Waals surface area (Å²) in [5.41, 5.74) is -6.24. The Morgan fingerprint density at radius 3 is 2.14 bits per heavy atom. The van der Waals surface area contributed by atoms with E-state index in [2.05, 4.69) is 6.58 Å². The number of aliphatic hydroxyl groups excluding tert-OH is 1. The van der Waals surface area contributed by atoms with Gasteiger partial charge in [-0.3, -0.25) is 14.4 Å². The molecule has 0 saturated heterocycles. The van der Waals surface area contributed by atoms with Gasteiger partial charge < -0.3 is 20.4 Å². The summed E-state index contributed by atoms with van der Waals surface area (Å²) >= 11 is 0. The van der Waals surface area contributed by atoms with Crippen LogP contribution in [0.3, 0.4) is 0 Å². The van der Waals surface area contributed by atoms with E-state index in [9.17, 15) is 34.8 Å². The second-order valence-electron chi connectivity index (χ2n) is 13.0. The number of Topliss-reactive ketones (excluding diaryl/α,β-unsaturated/α-hetero) is 3. The van der Waals surface area contributed by atoms with Gasteiger partial charge in [0.15, 0.2) is 28.6 Å². The van der Waals surface area contributed by atoms with Gasteiger partial charge in [-0.1, -0.05) is 51.5 Å². The van der Waals surface area contributed by atoms with Gasteiger partial charge in [0.1, 0.15) is 11.4 Å². The molecule has 0 heterocycles. The Balaban J connectivity index is 2.88. The van der Waals surface area contributed by atoms with Gasteiger partial charge in [-0.25, -0.2) is 0 Å². The number of carbonyl (C=O) groups is 3. The third-order valence-electron chi connectivity index (χ3n) is 8.26. The second kappa shape index (κ2) is 10.2. The van der Waals surface area contributed by atoms with Gasteiger partial charge in [-0.05, 0) is 64.7 Å². The highest BCUT2D eigenvalue weighted by Crippen LogP contribution is 2.60. The van der Waals surface area contributed by atoms with E-state index in [-0.39, 0.29) is 30.3 Å². The largest absolute Gasteiger partial charge is 0.509 e. The lowest BCUT2D eigenvalue weighted by atomic mass is 9.46. The summed E-state index contributed by atoms with van der Waals surface area (Å²) in [5, 5.41) is 46.0. The number of ketones is 3. The fourth-order valence-electron chi connectivity index (χ4n) is 6.03. The Morgan fingerprint density at radius 2 is 1.70 bits per heavy atom. The van der Waals surface area contributed by atoms with Gasteiger partial charge in [-0.15, -0.1) is 0 Å². The van der Waals surface area contributed by atoms with Crippen LogP contribution in [0.4, 0.5) is 0 Å². The summed E-state index contributed by atoms with van der Waals surface area (Å²) in [6.45, 7) is 19.2. The predicted octanol–water partition coefficient (Wildman–Crippen LogP) is 4.40. The van der Waals surface area contributed by atoms with Crippen LogP contribution in [0, 0.1) is 29.1 Å². The van der Waals surface area contributed by atoms with Gasteiger partial charge in [0.05, 0.1) is 5.92 Å². The molecule has 0 unspecified atom stereocenters. The van der Waals surface area contributed by atoms with Crippen LogP contribution in [0.5, 0.6) is 0 Å². The van der Waals surface area contributed by atoms with Crippen molar-refractivity contribution in [2.45, 2.75) is 105 Å². The minimum absolute atomic E-state index is 0.0115. The third-order valence-corrected chi connectivity index (χ3v) is 8.26. The van der Waals surface area contributed by atoms with Crippen molar-refractivity contribution in [1.29, 1.82) is 0 Å². The van der Waals surface area contributed by atoms with Gasteiger partial charge in [0.2, 0.25) is 0 Å². The monoisotopic (exact) mass is 518 g/mol. The molecule has 208 valence electrons. The molecule has 37 heavy (non-hydrogen) atoms. The van der Waals surface area contributed by atoms with Crippen LogP contribution in [0.2, 0.25) is 0 Å². The van der Waals surface area contributed by atoms with Gasteiger partial charge in [-0.2, -0.15) is 0 Å². The van der Waals surface area contributed by atoms with Crippen molar-refractivity contribution in [1.82, 2.24) is 0 Å². The minimum atomic E-state index is -2.46. The van der Waals surface area contributed by atoms with Crippen molar-refractivity contribution in [3.05, 3.63) is 35.1 Å². The zero-order valence-electron chi connectivity index (χ0n) is 23.9. The van der Waals surface area contributed by atoms with Crippen molar-refractivity contribution in [3.8, 4) is 0 Å². The molecule has 2 rings (SSSR count). The summed E-state index contributed by atoms with van der Waals surface area (Å²) in [4.78, 5) is 40.9. The first-order valence-electron chi connectivity index (χ1n) is 13.1. The summed E-state index contributed by atoms with van der Waals surface area (Å²) < 4.78 is 0. The smallest absolute Gasteiger partial charge is 0.180 e. The van der Waals surface area contributed by atoms with Crippen LogP contribution < -0.4 is 0 Å². The van der Waals surface area contributed by atoms with Crippen molar-refractivity contribution >= 4 is 17.3 Å². The molecular weight excluding hydrogens is 472 g/mol. The SMILES string of the molecule is C=C(C)[C@H](CC=C(C)C)CC1=C(O)[C@]2(O)C[C@H](C(=O)C(C)(C)O)C(C)(C)[C@@H](C2=O)[C@@]1(O)C(=O)CC(C)C. The average molecular weight is 519 g/mol. The Bertz CT molecular complexity index is 1030. The summed E-state index contributed by atoms with van der Waals surface area (Å²) in [6, 6.07) is 0. The number of allylic oxidation sites excluding steroid dienone is 3. The molecule has 1 saturated carbocycles. The molecule has 0 aromatic carbocycles. The first kappa shape index (κ1) is 31.1. The number of rotatable bonds is 10. The molecule has 2 aliphatic rings. The molecular formula is C30H46O7. The summed E-state index contributed by atoms with van der Waals surface area (Å²) in [5.74, 6) is -5.96. The first-order chi connectivity index (χ1) is 16.6. The second-order valence-corrected chi connectivity index (χ2v) is 13.0. The fraction of sp³-hybridized carbons (Fsp3) is 0.700. The lowest BCUT2D eigenvalue weighted by Gasteiger charge is -2.58. The molecule has 7 heteroatoms. The zero-order chi connectivity index (χ0) is 28.9. The lowest BCUT2D eigenvalue weighted by Crippen LogP contribution is -2.71. The first-order valence-corrected chi connectivity index (χ1v) is 13.1. The molecule has 5 atom stereocenters. The number of aliphatic hydroxyl groups is 4. The van der Waals surface area contributed by atoms with E-state index in [1.807, 2.05) is 40.7 Å². The Labute approximate surface area is 221 Å². The van der Waals surface area contributed by atoms with E-state index in [1.165, 1.54) is 13.8 Å². The maximum Gasteiger partial charge on any atom is 0.180 e. The van der Waals surface area contributed by atoms with Gasteiger partial charge >= 0.3 is 0 Å². The fourth-order valence-corrected chi connectivity index (χ4v) is 6.03. The Hall–Kier alpha value is -2.09. The summed E-state index contributed by atoms with van der Waals surface area (Å²) in [7, 11) is 0. The molecule has 0 aliphatic heterocycles. The maximum absolute atomic E-state index is 13.8. The molecule has 0 spiro atoms. The van der Waals surface area contributed by atoms with Crippen LogP contribution >= 0.6 is 0 Å². The van der Waals surface area contributed by atoms with E-state index in [0.717, 1.165) is 11.1 Å². The molecule has 0 amide bonds. The average Bonchev–Trinajstić information content (AvgIpc) is 2.72. The number of fused-ring (bicyclic) bond motifs is 2. The molecule has 2 bridgehead atoms. The van der Waals surface area contributed by atoms with E-state index < -0.39 is 63.6 Å². The number of hydrogen-bond donors (Lipinski definition) is 4.